The lowest BCUT2D eigenvalue weighted by molar-refractivity contribution is 0.627. The molecule has 0 unspecified atom stereocenters. The summed E-state index contributed by atoms with van der Waals surface area (Å²) in [4.78, 5) is 3.89. The van der Waals surface area contributed by atoms with Gasteiger partial charge in [0.2, 0.25) is 0 Å². The highest BCUT2D eigenvalue weighted by Crippen LogP contribution is 2.17. The molecule has 0 amide bonds. The van der Waals surface area contributed by atoms with Crippen LogP contribution in [0.4, 0.5) is 10.1 Å². The van der Waals surface area contributed by atoms with Crippen LogP contribution in [0.15, 0.2) is 48.9 Å². The zero-order valence-corrected chi connectivity index (χ0v) is 10.5. The van der Waals surface area contributed by atoms with Crippen LogP contribution in [-0.2, 0) is 0 Å². The Morgan fingerprint density at radius 1 is 1.30 bits per heavy atom. The van der Waals surface area contributed by atoms with Gasteiger partial charge in [-0.3, -0.25) is 4.98 Å². The number of allylic oxidation sites excluding steroid dienone is 1. The van der Waals surface area contributed by atoms with E-state index in [-0.39, 0.29) is 5.56 Å². The minimum atomic E-state index is -0.504. The van der Waals surface area contributed by atoms with Crippen molar-refractivity contribution in [2.45, 2.75) is 0 Å². The predicted octanol–water partition coefficient (Wildman–Crippen LogP) is 3.19. The zero-order chi connectivity index (χ0) is 14.4. The summed E-state index contributed by atoms with van der Waals surface area (Å²) in [5.74, 6) is -0.504. The van der Waals surface area contributed by atoms with Crippen LogP contribution in [0.25, 0.3) is 5.57 Å². The molecule has 2 rings (SSSR count). The van der Waals surface area contributed by atoms with Crippen LogP contribution in [0.5, 0.6) is 0 Å². The predicted molar refractivity (Wildman–Crippen MR) is 75.7 cm³/mol. The molecular formula is C15H11FN4. The molecule has 5 heteroatoms. The SMILES string of the molecule is N#Cc1cc(F)cc(/C(C=N)=C/Nc2ccncc2)c1. The second-order valence-electron chi connectivity index (χ2n) is 3.96. The molecule has 1 aromatic heterocycles. The second-order valence-corrected chi connectivity index (χ2v) is 3.96. The maximum atomic E-state index is 13.4. The molecular weight excluding hydrogens is 255 g/mol. The van der Waals surface area contributed by atoms with Crippen LogP contribution in [0.1, 0.15) is 11.1 Å². The summed E-state index contributed by atoms with van der Waals surface area (Å²) in [6.07, 6.45) is 5.95. The number of halogens is 1. The summed E-state index contributed by atoms with van der Waals surface area (Å²) >= 11 is 0. The number of nitrogens with zero attached hydrogens (tertiary/aromatic N) is 2. The summed E-state index contributed by atoms with van der Waals surface area (Å²) in [5.41, 5.74) is 1.96. The molecule has 0 radical (unpaired) electrons. The van der Waals surface area contributed by atoms with E-state index in [0.717, 1.165) is 18.0 Å². The van der Waals surface area contributed by atoms with Crippen molar-refractivity contribution in [1.29, 1.82) is 10.7 Å². The van der Waals surface area contributed by atoms with Crippen molar-refractivity contribution in [3.63, 3.8) is 0 Å². The fourth-order valence-corrected chi connectivity index (χ4v) is 1.64. The normalized spacial score (nSPS) is 10.7. The number of anilines is 1. The van der Waals surface area contributed by atoms with E-state index in [1.54, 1.807) is 30.7 Å². The zero-order valence-electron chi connectivity index (χ0n) is 10.5. The Labute approximate surface area is 115 Å². The van der Waals surface area contributed by atoms with E-state index in [2.05, 4.69) is 10.3 Å². The molecule has 2 N–H and O–H groups in total. The van der Waals surface area contributed by atoms with Gasteiger partial charge in [0, 0.05) is 36.1 Å². The largest absolute Gasteiger partial charge is 0.361 e. The average Bonchev–Trinajstić information content (AvgIpc) is 2.48. The quantitative estimate of drug-likeness (QED) is 0.835. The Bertz CT molecular complexity index is 687. The van der Waals surface area contributed by atoms with Crippen LogP contribution in [0.3, 0.4) is 0 Å². The molecule has 0 saturated carbocycles. The summed E-state index contributed by atoms with van der Waals surface area (Å²) < 4.78 is 13.4. The van der Waals surface area contributed by atoms with E-state index in [1.807, 2.05) is 6.07 Å². The number of aromatic nitrogens is 1. The first-order valence-corrected chi connectivity index (χ1v) is 5.81. The average molecular weight is 266 g/mol. The maximum absolute atomic E-state index is 13.4. The lowest BCUT2D eigenvalue weighted by Gasteiger charge is -2.05. The highest BCUT2D eigenvalue weighted by atomic mass is 19.1. The number of hydrogen-bond donors (Lipinski definition) is 2. The van der Waals surface area contributed by atoms with Gasteiger partial charge in [-0.05, 0) is 35.9 Å². The lowest BCUT2D eigenvalue weighted by Crippen LogP contribution is -1.95. The van der Waals surface area contributed by atoms with Crippen molar-refractivity contribution >= 4 is 17.5 Å². The first kappa shape index (κ1) is 13.4. The smallest absolute Gasteiger partial charge is 0.125 e. The third kappa shape index (κ3) is 3.27. The molecule has 0 bridgehead atoms. The first-order chi connectivity index (χ1) is 9.72. The van der Waals surface area contributed by atoms with E-state index in [4.69, 9.17) is 10.7 Å². The van der Waals surface area contributed by atoms with Gasteiger partial charge in [0.25, 0.3) is 0 Å². The molecule has 0 aliphatic rings. The third-order valence-electron chi connectivity index (χ3n) is 2.59. The van der Waals surface area contributed by atoms with Crippen LogP contribution in [0.2, 0.25) is 0 Å². The van der Waals surface area contributed by atoms with E-state index in [1.165, 1.54) is 12.1 Å². The second kappa shape index (κ2) is 6.25. The van der Waals surface area contributed by atoms with Gasteiger partial charge in [0.15, 0.2) is 0 Å². The van der Waals surface area contributed by atoms with Crippen LogP contribution >= 0.6 is 0 Å². The van der Waals surface area contributed by atoms with Crippen LogP contribution in [0, 0.1) is 22.6 Å². The molecule has 0 spiro atoms. The minimum Gasteiger partial charge on any atom is -0.361 e. The molecule has 2 aromatic rings. The Morgan fingerprint density at radius 2 is 2.05 bits per heavy atom. The van der Waals surface area contributed by atoms with E-state index < -0.39 is 5.82 Å². The Morgan fingerprint density at radius 3 is 2.70 bits per heavy atom. The summed E-state index contributed by atoms with van der Waals surface area (Å²) in [5, 5.41) is 19.2. The minimum absolute atomic E-state index is 0.219. The van der Waals surface area contributed by atoms with E-state index in [0.29, 0.717) is 11.1 Å². The fourth-order valence-electron chi connectivity index (χ4n) is 1.64. The van der Waals surface area contributed by atoms with Crippen LogP contribution < -0.4 is 5.32 Å². The number of nitrogens with one attached hydrogen (secondary N) is 2. The maximum Gasteiger partial charge on any atom is 0.125 e. The van der Waals surface area contributed by atoms with E-state index in [9.17, 15) is 4.39 Å². The van der Waals surface area contributed by atoms with Crippen molar-refractivity contribution < 1.29 is 4.39 Å². The van der Waals surface area contributed by atoms with Gasteiger partial charge in [-0.25, -0.2) is 4.39 Å². The molecule has 20 heavy (non-hydrogen) atoms. The third-order valence-corrected chi connectivity index (χ3v) is 2.59. The standard InChI is InChI=1S/C15H11FN4/c16-14-6-11(8-17)5-12(7-14)13(9-18)10-20-15-1-3-19-4-2-15/h1-7,9-10,18H,(H,19,20)/b13-10+,18-9?. The van der Waals surface area contributed by atoms with Crippen molar-refractivity contribution in [3.8, 4) is 6.07 Å². The van der Waals surface area contributed by atoms with Gasteiger partial charge in [0.05, 0.1) is 11.6 Å². The summed E-state index contributed by atoms with van der Waals surface area (Å²) in [7, 11) is 0. The Balaban J connectivity index is 2.31. The fraction of sp³-hybridized carbons (Fsp3) is 0. The molecule has 0 aliphatic carbocycles. The van der Waals surface area contributed by atoms with E-state index >= 15 is 0 Å². The lowest BCUT2D eigenvalue weighted by atomic mass is 10.0. The molecule has 0 aliphatic heterocycles. The molecule has 1 heterocycles. The van der Waals surface area contributed by atoms with Crippen molar-refractivity contribution in [2.24, 2.45) is 0 Å². The van der Waals surface area contributed by atoms with Gasteiger partial charge in [-0.15, -0.1) is 0 Å². The molecule has 1 aromatic carbocycles. The first-order valence-electron chi connectivity index (χ1n) is 5.81. The monoisotopic (exact) mass is 266 g/mol. The van der Waals surface area contributed by atoms with Crippen molar-refractivity contribution in [1.82, 2.24) is 4.98 Å². The number of rotatable bonds is 4. The van der Waals surface area contributed by atoms with Gasteiger partial charge in [-0.1, -0.05) is 0 Å². The number of nitriles is 1. The number of benzene rings is 1. The summed E-state index contributed by atoms with van der Waals surface area (Å²) in [6.45, 7) is 0. The Kier molecular flexibility index (Phi) is 4.20. The molecule has 0 atom stereocenters. The highest BCUT2D eigenvalue weighted by molar-refractivity contribution is 6.08. The van der Waals surface area contributed by atoms with Gasteiger partial charge >= 0.3 is 0 Å². The Hall–Kier alpha value is -3.00. The van der Waals surface area contributed by atoms with Crippen molar-refractivity contribution in [2.75, 3.05) is 5.32 Å². The summed E-state index contributed by atoms with van der Waals surface area (Å²) in [6, 6.07) is 9.40. The van der Waals surface area contributed by atoms with Gasteiger partial charge in [0.1, 0.15) is 5.82 Å². The highest BCUT2D eigenvalue weighted by Gasteiger charge is 2.04. The van der Waals surface area contributed by atoms with Gasteiger partial charge < -0.3 is 10.7 Å². The topological polar surface area (TPSA) is 72.6 Å². The molecule has 0 saturated heterocycles. The molecule has 0 fully saturated rings. The van der Waals surface area contributed by atoms with Crippen LogP contribution in [-0.4, -0.2) is 11.2 Å². The number of pyridine rings is 1. The number of hydrogen-bond acceptors (Lipinski definition) is 4. The van der Waals surface area contributed by atoms with Gasteiger partial charge in [-0.2, -0.15) is 5.26 Å². The molecule has 4 nitrogen and oxygen atoms in total. The molecule has 98 valence electrons. The van der Waals surface area contributed by atoms with Crippen molar-refractivity contribution in [3.05, 3.63) is 65.9 Å².